The van der Waals surface area contributed by atoms with Crippen molar-refractivity contribution in [3.05, 3.63) is 47.7 Å². The fraction of sp³-hybridized carbons (Fsp3) is 0.294. The number of anilines is 1. The predicted octanol–water partition coefficient (Wildman–Crippen LogP) is 2.90. The van der Waals surface area contributed by atoms with Gasteiger partial charge in [-0.1, -0.05) is 6.92 Å². The molecule has 0 aliphatic carbocycles. The van der Waals surface area contributed by atoms with Gasteiger partial charge in [-0.2, -0.15) is 5.10 Å². The number of nitrogens with zero attached hydrogens (tertiary/aromatic N) is 2. The summed E-state index contributed by atoms with van der Waals surface area (Å²) in [5.41, 5.74) is 2.98. The van der Waals surface area contributed by atoms with E-state index in [4.69, 9.17) is 9.15 Å². The smallest absolute Gasteiger partial charge is 0.271 e. The molecule has 0 radical (unpaired) electrons. The number of ether oxygens (including phenoxy) is 1. The number of amides is 1. The van der Waals surface area contributed by atoms with E-state index in [-0.39, 0.29) is 5.91 Å². The van der Waals surface area contributed by atoms with Gasteiger partial charge < -0.3 is 14.1 Å². The molecule has 2 rings (SSSR count). The van der Waals surface area contributed by atoms with Gasteiger partial charge in [0.2, 0.25) is 0 Å². The lowest BCUT2D eigenvalue weighted by molar-refractivity contribution is 0.0955. The Morgan fingerprint density at radius 2 is 2.00 bits per heavy atom. The van der Waals surface area contributed by atoms with Crippen LogP contribution in [0.25, 0.3) is 0 Å². The lowest BCUT2D eigenvalue weighted by Crippen LogP contribution is -2.17. The molecule has 1 aromatic carbocycles. The van der Waals surface area contributed by atoms with Crippen molar-refractivity contribution in [2.24, 2.45) is 5.10 Å². The van der Waals surface area contributed by atoms with Crippen LogP contribution in [0.3, 0.4) is 0 Å². The van der Waals surface area contributed by atoms with Crippen molar-refractivity contribution in [3.63, 3.8) is 0 Å². The molecule has 1 amide bonds. The highest BCUT2D eigenvalue weighted by molar-refractivity contribution is 5.94. The molecule has 0 saturated heterocycles. The zero-order chi connectivity index (χ0) is 16.7. The maximum atomic E-state index is 12.0. The zero-order valence-electron chi connectivity index (χ0n) is 13.6. The van der Waals surface area contributed by atoms with Gasteiger partial charge in [0, 0.05) is 25.7 Å². The van der Waals surface area contributed by atoms with Gasteiger partial charge in [-0.05, 0) is 36.8 Å². The lowest BCUT2D eigenvalue weighted by atomic mass is 10.2. The first kappa shape index (κ1) is 16.6. The Balaban J connectivity index is 1.89. The molecule has 0 aliphatic heterocycles. The number of rotatable bonds is 7. The second-order valence-corrected chi connectivity index (χ2v) is 5.14. The lowest BCUT2D eigenvalue weighted by Gasteiger charge is -2.06. The van der Waals surface area contributed by atoms with E-state index in [0.717, 1.165) is 18.1 Å². The van der Waals surface area contributed by atoms with Crippen molar-refractivity contribution in [2.75, 3.05) is 25.6 Å². The molecule has 1 N–H and O–H groups in total. The first-order valence-electron chi connectivity index (χ1n) is 7.43. The highest BCUT2D eigenvalue weighted by atomic mass is 16.5. The molecule has 2 aromatic rings. The van der Waals surface area contributed by atoms with Gasteiger partial charge in [-0.3, -0.25) is 4.79 Å². The SMILES string of the molecule is CCCOc1ccc(C(=O)N/N=C/c2ccc(N(C)C)o2)cc1. The normalized spacial score (nSPS) is 10.7. The Labute approximate surface area is 135 Å². The second kappa shape index (κ2) is 8.03. The third kappa shape index (κ3) is 4.88. The summed E-state index contributed by atoms with van der Waals surface area (Å²) in [4.78, 5) is 13.8. The van der Waals surface area contributed by atoms with Crippen molar-refractivity contribution in [1.82, 2.24) is 5.43 Å². The molecule has 6 heteroatoms. The van der Waals surface area contributed by atoms with E-state index in [0.29, 0.717) is 17.9 Å². The van der Waals surface area contributed by atoms with E-state index in [9.17, 15) is 4.79 Å². The minimum atomic E-state index is -0.289. The average molecular weight is 315 g/mol. The van der Waals surface area contributed by atoms with E-state index >= 15 is 0 Å². The van der Waals surface area contributed by atoms with Crippen LogP contribution in [0.5, 0.6) is 5.75 Å². The summed E-state index contributed by atoms with van der Waals surface area (Å²) < 4.78 is 11.0. The van der Waals surface area contributed by atoms with Gasteiger partial charge in [0.05, 0.1) is 12.8 Å². The van der Waals surface area contributed by atoms with Gasteiger partial charge in [0.25, 0.3) is 5.91 Å². The van der Waals surface area contributed by atoms with Crippen LogP contribution in [0.15, 0.2) is 45.9 Å². The third-order valence-electron chi connectivity index (χ3n) is 3.00. The van der Waals surface area contributed by atoms with Crippen molar-refractivity contribution in [2.45, 2.75) is 13.3 Å². The summed E-state index contributed by atoms with van der Waals surface area (Å²) in [6.45, 7) is 2.70. The summed E-state index contributed by atoms with van der Waals surface area (Å²) in [6.07, 6.45) is 2.41. The van der Waals surface area contributed by atoms with E-state index in [1.54, 1.807) is 30.3 Å². The van der Waals surface area contributed by atoms with E-state index in [1.165, 1.54) is 6.21 Å². The third-order valence-corrected chi connectivity index (χ3v) is 3.00. The van der Waals surface area contributed by atoms with Gasteiger partial charge in [-0.15, -0.1) is 0 Å². The molecule has 0 unspecified atom stereocenters. The van der Waals surface area contributed by atoms with Gasteiger partial charge in [-0.25, -0.2) is 5.43 Å². The summed E-state index contributed by atoms with van der Waals surface area (Å²) in [7, 11) is 3.77. The number of carbonyl (C=O) groups is 1. The number of hydrogen-bond donors (Lipinski definition) is 1. The number of benzene rings is 1. The Morgan fingerprint density at radius 3 is 2.61 bits per heavy atom. The monoisotopic (exact) mass is 315 g/mol. The van der Waals surface area contributed by atoms with Crippen LogP contribution in [-0.4, -0.2) is 32.8 Å². The molecule has 1 heterocycles. The number of carbonyl (C=O) groups excluding carboxylic acids is 1. The van der Waals surface area contributed by atoms with Crippen LogP contribution in [0.4, 0.5) is 5.88 Å². The number of furan rings is 1. The molecule has 0 spiro atoms. The first-order chi connectivity index (χ1) is 11.1. The fourth-order valence-electron chi connectivity index (χ4n) is 1.79. The van der Waals surface area contributed by atoms with Gasteiger partial charge in [0.1, 0.15) is 11.5 Å². The van der Waals surface area contributed by atoms with Crippen LogP contribution < -0.4 is 15.1 Å². The van der Waals surface area contributed by atoms with Crippen LogP contribution in [0.2, 0.25) is 0 Å². The molecule has 0 aliphatic rings. The van der Waals surface area contributed by atoms with Crippen molar-refractivity contribution >= 4 is 18.0 Å². The highest BCUT2D eigenvalue weighted by Gasteiger charge is 2.05. The Kier molecular flexibility index (Phi) is 5.80. The molecule has 0 fully saturated rings. The molecule has 0 atom stereocenters. The average Bonchev–Trinajstić information content (AvgIpc) is 3.02. The Morgan fingerprint density at radius 1 is 1.26 bits per heavy atom. The minimum absolute atomic E-state index is 0.289. The molecule has 122 valence electrons. The van der Waals surface area contributed by atoms with E-state index < -0.39 is 0 Å². The molecule has 1 aromatic heterocycles. The standard InChI is InChI=1S/C17H21N3O3/c1-4-11-22-14-7-5-13(6-8-14)17(21)19-18-12-15-9-10-16(23-15)20(2)3/h5-10,12H,4,11H2,1-3H3,(H,19,21)/b18-12+. The fourth-order valence-corrected chi connectivity index (χ4v) is 1.79. The highest BCUT2D eigenvalue weighted by Crippen LogP contribution is 2.14. The summed E-state index contributed by atoms with van der Waals surface area (Å²) in [6, 6.07) is 10.6. The van der Waals surface area contributed by atoms with Crippen LogP contribution in [0.1, 0.15) is 29.5 Å². The molecule has 23 heavy (non-hydrogen) atoms. The minimum Gasteiger partial charge on any atom is -0.494 e. The summed E-state index contributed by atoms with van der Waals surface area (Å²) in [5, 5.41) is 3.89. The predicted molar refractivity (Wildman–Crippen MR) is 90.3 cm³/mol. The molecule has 0 bridgehead atoms. The van der Waals surface area contributed by atoms with Crippen molar-refractivity contribution < 1.29 is 13.9 Å². The quantitative estimate of drug-likeness (QED) is 0.630. The maximum absolute atomic E-state index is 12.0. The number of nitrogens with one attached hydrogen (secondary N) is 1. The first-order valence-corrected chi connectivity index (χ1v) is 7.43. The van der Waals surface area contributed by atoms with Crippen molar-refractivity contribution in [1.29, 1.82) is 0 Å². The van der Waals surface area contributed by atoms with E-state index in [1.807, 2.05) is 32.0 Å². The van der Waals surface area contributed by atoms with Crippen molar-refractivity contribution in [3.8, 4) is 5.75 Å². The van der Waals surface area contributed by atoms with Gasteiger partial charge in [0.15, 0.2) is 5.88 Å². The molecule has 6 nitrogen and oxygen atoms in total. The van der Waals surface area contributed by atoms with Crippen LogP contribution in [0, 0.1) is 0 Å². The summed E-state index contributed by atoms with van der Waals surface area (Å²) >= 11 is 0. The molecule has 0 saturated carbocycles. The van der Waals surface area contributed by atoms with Gasteiger partial charge >= 0.3 is 0 Å². The topological polar surface area (TPSA) is 67.1 Å². The number of hydrogen-bond acceptors (Lipinski definition) is 5. The Bertz CT molecular complexity index is 660. The Hall–Kier alpha value is -2.76. The number of hydrazone groups is 1. The molecular weight excluding hydrogens is 294 g/mol. The maximum Gasteiger partial charge on any atom is 0.271 e. The molecular formula is C17H21N3O3. The zero-order valence-corrected chi connectivity index (χ0v) is 13.6. The van der Waals surface area contributed by atoms with Crippen LogP contribution >= 0.6 is 0 Å². The van der Waals surface area contributed by atoms with E-state index in [2.05, 4.69) is 10.5 Å². The van der Waals surface area contributed by atoms with Crippen LogP contribution in [-0.2, 0) is 0 Å². The summed E-state index contributed by atoms with van der Waals surface area (Å²) in [5.74, 6) is 1.75. The second-order valence-electron chi connectivity index (χ2n) is 5.14. The largest absolute Gasteiger partial charge is 0.494 e.